The molecule has 0 heterocycles. The molecule has 0 aliphatic rings. The van der Waals surface area contributed by atoms with E-state index in [1.165, 1.54) is 6.07 Å². The molecule has 24 heavy (non-hydrogen) atoms. The van der Waals surface area contributed by atoms with Crippen LogP contribution in [0, 0.1) is 0 Å². The van der Waals surface area contributed by atoms with Crippen molar-refractivity contribution in [2.45, 2.75) is 20.0 Å². The maximum atomic E-state index is 12.5. The molecular formula is C18H16Cl2O4. The minimum Gasteiger partial charge on any atom is -0.479 e. The van der Waals surface area contributed by atoms with Gasteiger partial charge in [-0.2, -0.15) is 0 Å². The lowest BCUT2D eigenvalue weighted by Gasteiger charge is -2.13. The Morgan fingerprint density at radius 3 is 2.33 bits per heavy atom. The zero-order valence-corrected chi connectivity index (χ0v) is 14.7. The molecule has 0 N–H and O–H groups in total. The van der Waals surface area contributed by atoms with Crippen molar-refractivity contribution in [1.82, 2.24) is 0 Å². The van der Waals surface area contributed by atoms with Crippen molar-refractivity contribution in [3.63, 3.8) is 0 Å². The topological polar surface area (TPSA) is 52.6 Å². The number of hydrogen-bond acceptors (Lipinski definition) is 4. The first kappa shape index (κ1) is 18.3. The lowest BCUT2D eigenvalue weighted by Crippen LogP contribution is -2.26. The van der Waals surface area contributed by atoms with Crippen molar-refractivity contribution in [3.05, 3.63) is 63.6 Å². The number of ether oxygens (including phenoxy) is 2. The van der Waals surface area contributed by atoms with Gasteiger partial charge in [-0.3, -0.25) is 4.79 Å². The van der Waals surface area contributed by atoms with Crippen molar-refractivity contribution in [2.75, 3.05) is 6.61 Å². The Kier molecular flexibility index (Phi) is 6.23. The highest BCUT2D eigenvalue weighted by Gasteiger charge is 2.17. The second-order valence-electron chi connectivity index (χ2n) is 4.99. The molecule has 0 radical (unpaired) electrons. The molecular weight excluding hydrogens is 351 g/mol. The van der Waals surface area contributed by atoms with Gasteiger partial charge in [0.15, 0.2) is 11.9 Å². The molecule has 0 unspecified atom stereocenters. The van der Waals surface area contributed by atoms with E-state index in [1.807, 2.05) is 0 Å². The summed E-state index contributed by atoms with van der Waals surface area (Å²) in [4.78, 5) is 24.0. The van der Waals surface area contributed by atoms with Crippen molar-refractivity contribution >= 4 is 35.0 Å². The van der Waals surface area contributed by atoms with Gasteiger partial charge in [-0.25, -0.2) is 4.79 Å². The minimum atomic E-state index is -0.725. The van der Waals surface area contributed by atoms with Crippen LogP contribution in [0.1, 0.15) is 29.8 Å². The fraction of sp³-hybridized carbons (Fsp3) is 0.222. The first-order valence-corrected chi connectivity index (χ1v) is 8.11. The lowest BCUT2D eigenvalue weighted by molar-refractivity contribution is -0.150. The number of benzene rings is 2. The van der Waals surface area contributed by atoms with Gasteiger partial charge in [0.05, 0.1) is 11.6 Å². The third kappa shape index (κ3) is 4.49. The Balaban J connectivity index is 2.11. The summed E-state index contributed by atoms with van der Waals surface area (Å²) < 4.78 is 10.4. The Hall–Kier alpha value is -2.04. The van der Waals surface area contributed by atoms with Crippen LogP contribution in [0.25, 0.3) is 0 Å². The second kappa shape index (κ2) is 8.18. The molecule has 2 rings (SSSR count). The predicted octanol–water partition coefficient (Wildman–Crippen LogP) is 4.55. The predicted molar refractivity (Wildman–Crippen MR) is 93.1 cm³/mol. The molecule has 0 fully saturated rings. The van der Waals surface area contributed by atoms with Crippen LogP contribution < -0.4 is 4.74 Å². The zero-order chi connectivity index (χ0) is 17.7. The number of carbonyl (C=O) groups is 2. The molecule has 2 aromatic carbocycles. The molecule has 0 bridgehead atoms. The third-order valence-electron chi connectivity index (χ3n) is 3.22. The molecule has 2 aromatic rings. The highest BCUT2D eigenvalue weighted by atomic mass is 35.5. The van der Waals surface area contributed by atoms with E-state index in [2.05, 4.69) is 0 Å². The summed E-state index contributed by atoms with van der Waals surface area (Å²) in [5.74, 6) is -0.193. The fourth-order valence-electron chi connectivity index (χ4n) is 2.03. The van der Waals surface area contributed by atoms with E-state index in [4.69, 9.17) is 32.7 Å². The number of rotatable bonds is 6. The Morgan fingerprint density at radius 2 is 1.75 bits per heavy atom. The van der Waals surface area contributed by atoms with Gasteiger partial charge in [-0.05, 0) is 56.3 Å². The van der Waals surface area contributed by atoms with Gasteiger partial charge < -0.3 is 9.47 Å². The van der Waals surface area contributed by atoms with E-state index in [-0.39, 0.29) is 5.78 Å². The quantitative estimate of drug-likeness (QED) is 0.555. The van der Waals surface area contributed by atoms with Gasteiger partial charge in [0, 0.05) is 16.1 Å². The highest BCUT2D eigenvalue weighted by molar-refractivity contribution is 6.37. The van der Waals surface area contributed by atoms with Gasteiger partial charge in [0.1, 0.15) is 5.75 Å². The summed E-state index contributed by atoms with van der Waals surface area (Å²) in [6, 6.07) is 11.2. The first-order valence-electron chi connectivity index (χ1n) is 7.35. The van der Waals surface area contributed by atoms with Gasteiger partial charge in [0.25, 0.3) is 0 Å². The molecule has 0 aliphatic carbocycles. The monoisotopic (exact) mass is 366 g/mol. The summed E-state index contributed by atoms with van der Waals surface area (Å²) >= 11 is 11.9. The fourth-order valence-corrected chi connectivity index (χ4v) is 2.52. The summed E-state index contributed by atoms with van der Waals surface area (Å²) in [5.41, 5.74) is 0.824. The van der Waals surface area contributed by atoms with E-state index < -0.39 is 12.1 Å². The highest BCUT2D eigenvalue weighted by Crippen LogP contribution is 2.24. The van der Waals surface area contributed by atoms with Crippen molar-refractivity contribution in [1.29, 1.82) is 0 Å². The van der Waals surface area contributed by atoms with E-state index in [0.29, 0.717) is 33.5 Å². The first-order chi connectivity index (χ1) is 11.4. The summed E-state index contributed by atoms with van der Waals surface area (Å²) in [6.07, 6.45) is -0.725. The Bertz CT molecular complexity index is 741. The summed E-state index contributed by atoms with van der Waals surface area (Å²) in [7, 11) is 0. The molecule has 4 nitrogen and oxygen atoms in total. The maximum absolute atomic E-state index is 12.5. The van der Waals surface area contributed by atoms with Crippen LogP contribution >= 0.6 is 23.2 Å². The third-order valence-corrected chi connectivity index (χ3v) is 3.77. The van der Waals surface area contributed by atoms with E-state index in [1.54, 1.807) is 50.2 Å². The van der Waals surface area contributed by atoms with E-state index in [9.17, 15) is 9.59 Å². The van der Waals surface area contributed by atoms with Gasteiger partial charge in [-0.1, -0.05) is 23.2 Å². The standard InChI is InChI=1S/C18H16Cl2O4/c1-3-23-18(22)11(2)24-14-7-4-12(5-8-14)17(21)15-9-6-13(19)10-16(15)20/h4-11H,3H2,1-2H3/t11-/m1/s1. The van der Waals surface area contributed by atoms with Gasteiger partial charge in [-0.15, -0.1) is 0 Å². The van der Waals surface area contributed by atoms with Crippen LogP contribution in [0.3, 0.4) is 0 Å². The molecule has 0 aliphatic heterocycles. The van der Waals surface area contributed by atoms with Crippen molar-refractivity contribution in [2.24, 2.45) is 0 Å². The number of halogens is 2. The van der Waals surface area contributed by atoms with Crippen LogP contribution in [0.15, 0.2) is 42.5 Å². The van der Waals surface area contributed by atoms with E-state index in [0.717, 1.165) is 0 Å². The Labute approximate surface area is 150 Å². The summed E-state index contributed by atoms with van der Waals surface area (Å²) in [5, 5.41) is 0.761. The number of carbonyl (C=O) groups excluding carboxylic acids is 2. The molecule has 126 valence electrons. The molecule has 0 amide bonds. The second-order valence-corrected chi connectivity index (χ2v) is 5.83. The van der Waals surface area contributed by atoms with Gasteiger partial charge in [0.2, 0.25) is 0 Å². The zero-order valence-electron chi connectivity index (χ0n) is 13.2. The van der Waals surface area contributed by atoms with Crippen LogP contribution in [-0.4, -0.2) is 24.5 Å². The van der Waals surface area contributed by atoms with Crippen LogP contribution in [0.5, 0.6) is 5.75 Å². The average molecular weight is 367 g/mol. The molecule has 0 aromatic heterocycles. The van der Waals surface area contributed by atoms with Gasteiger partial charge >= 0.3 is 5.97 Å². The lowest BCUT2D eigenvalue weighted by atomic mass is 10.0. The molecule has 0 saturated carbocycles. The average Bonchev–Trinajstić information content (AvgIpc) is 2.55. The smallest absolute Gasteiger partial charge is 0.347 e. The molecule has 6 heteroatoms. The number of esters is 1. The normalized spacial score (nSPS) is 11.7. The number of hydrogen-bond donors (Lipinski definition) is 0. The molecule has 1 atom stereocenters. The minimum absolute atomic E-state index is 0.221. The SMILES string of the molecule is CCOC(=O)[C@@H](C)Oc1ccc(C(=O)c2ccc(Cl)cc2Cl)cc1. The largest absolute Gasteiger partial charge is 0.479 e. The summed E-state index contributed by atoms with van der Waals surface area (Å²) in [6.45, 7) is 3.62. The maximum Gasteiger partial charge on any atom is 0.347 e. The van der Waals surface area contributed by atoms with Crippen molar-refractivity contribution in [3.8, 4) is 5.75 Å². The van der Waals surface area contributed by atoms with Crippen molar-refractivity contribution < 1.29 is 19.1 Å². The molecule has 0 spiro atoms. The van der Waals surface area contributed by atoms with E-state index >= 15 is 0 Å². The van der Waals surface area contributed by atoms with Crippen LogP contribution in [0.4, 0.5) is 0 Å². The number of ketones is 1. The van der Waals surface area contributed by atoms with Crippen LogP contribution in [0.2, 0.25) is 10.0 Å². The Morgan fingerprint density at radius 1 is 1.08 bits per heavy atom. The van der Waals surface area contributed by atoms with Crippen LogP contribution in [-0.2, 0) is 9.53 Å². The molecule has 0 saturated heterocycles.